The monoisotopic (exact) mass is 308 g/mol. The molecule has 5 nitrogen and oxygen atoms in total. The normalized spacial score (nSPS) is 10.4. The Labute approximate surface area is 113 Å². The molecule has 0 fully saturated rings. The molecular formula is C12H13BrN4O. The van der Waals surface area contributed by atoms with Gasteiger partial charge in [0.1, 0.15) is 6.33 Å². The number of nitrogens with one attached hydrogen (secondary N) is 1. The van der Waals surface area contributed by atoms with Crippen LogP contribution in [0.15, 0.2) is 29.0 Å². The Morgan fingerprint density at radius 3 is 2.94 bits per heavy atom. The maximum Gasteiger partial charge on any atom is 0.251 e. The van der Waals surface area contributed by atoms with E-state index >= 15 is 0 Å². The molecule has 18 heavy (non-hydrogen) atoms. The minimum absolute atomic E-state index is 0.124. The van der Waals surface area contributed by atoms with Gasteiger partial charge in [0.05, 0.1) is 6.54 Å². The molecule has 1 heterocycles. The second kappa shape index (κ2) is 5.30. The Hall–Kier alpha value is -1.69. The first-order valence-corrected chi connectivity index (χ1v) is 6.24. The molecule has 0 aliphatic rings. The maximum absolute atomic E-state index is 12.0. The molecule has 0 spiro atoms. The fraction of sp³-hybridized carbons (Fsp3) is 0.250. The fourth-order valence-electron chi connectivity index (χ4n) is 1.56. The highest BCUT2D eigenvalue weighted by Gasteiger charge is 2.10. The quantitative estimate of drug-likeness (QED) is 0.941. The summed E-state index contributed by atoms with van der Waals surface area (Å²) in [4.78, 5) is 16.1. The van der Waals surface area contributed by atoms with E-state index in [1.165, 1.54) is 0 Å². The molecule has 6 heteroatoms. The lowest BCUT2D eigenvalue weighted by Crippen LogP contribution is -2.24. The van der Waals surface area contributed by atoms with Gasteiger partial charge in [-0.05, 0) is 24.6 Å². The third-order valence-corrected chi connectivity index (χ3v) is 2.99. The first kappa shape index (κ1) is 12.8. The van der Waals surface area contributed by atoms with Crippen molar-refractivity contribution < 1.29 is 4.79 Å². The third kappa shape index (κ3) is 2.95. The maximum atomic E-state index is 12.0. The standard InChI is InChI=1S/C12H13BrN4O/c1-8-3-4-9(13)5-10(8)12(18)14-6-11-15-7-17(2)16-11/h3-5,7H,6H2,1-2H3,(H,14,18). The van der Waals surface area contributed by atoms with Crippen molar-refractivity contribution in [2.24, 2.45) is 7.05 Å². The minimum atomic E-state index is -0.124. The highest BCUT2D eigenvalue weighted by atomic mass is 79.9. The Kier molecular flexibility index (Phi) is 3.76. The smallest absolute Gasteiger partial charge is 0.251 e. The molecule has 0 aliphatic carbocycles. The fourth-order valence-corrected chi connectivity index (χ4v) is 1.92. The van der Waals surface area contributed by atoms with Crippen LogP contribution in [0.2, 0.25) is 0 Å². The van der Waals surface area contributed by atoms with Gasteiger partial charge in [0.15, 0.2) is 5.82 Å². The lowest BCUT2D eigenvalue weighted by atomic mass is 10.1. The van der Waals surface area contributed by atoms with Crippen molar-refractivity contribution in [3.05, 3.63) is 46.0 Å². The molecule has 1 amide bonds. The van der Waals surface area contributed by atoms with Crippen molar-refractivity contribution in [1.82, 2.24) is 20.1 Å². The number of carbonyl (C=O) groups is 1. The van der Waals surface area contributed by atoms with E-state index in [2.05, 4.69) is 31.3 Å². The van der Waals surface area contributed by atoms with Gasteiger partial charge < -0.3 is 5.32 Å². The van der Waals surface area contributed by atoms with Gasteiger partial charge in [-0.1, -0.05) is 22.0 Å². The summed E-state index contributed by atoms with van der Waals surface area (Å²) in [6.07, 6.45) is 1.60. The molecule has 0 saturated heterocycles. The van der Waals surface area contributed by atoms with E-state index in [1.807, 2.05) is 19.1 Å². The van der Waals surface area contributed by atoms with E-state index in [1.54, 1.807) is 24.1 Å². The summed E-state index contributed by atoms with van der Waals surface area (Å²) in [5.41, 5.74) is 1.59. The molecule has 0 aliphatic heterocycles. The van der Waals surface area contributed by atoms with Gasteiger partial charge in [0, 0.05) is 17.1 Å². The van der Waals surface area contributed by atoms with E-state index in [4.69, 9.17) is 0 Å². The van der Waals surface area contributed by atoms with Crippen LogP contribution in [0.4, 0.5) is 0 Å². The highest BCUT2D eigenvalue weighted by Crippen LogP contribution is 2.15. The van der Waals surface area contributed by atoms with E-state index in [-0.39, 0.29) is 5.91 Å². The van der Waals surface area contributed by atoms with Gasteiger partial charge in [-0.15, -0.1) is 0 Å². The lowest BCUT2D eigenvalue weighted by Gasteiger charge is -2.06. The number of nitrogens with zero attached hydrogens (tertiary/aromatic N) is 3. The largest absolute Gasteiger partial charge is 0.345 e. The molecule has 0 atom stereocenters. The number of amides is 1. The van der Waals surface area contributed by atoms with E-state index in [9.17, 15) is 4.79 Å². The third-order valence-electron chi connectivity index (χ3n) is 2.50. The van der Waals surface area contributed by atoms with Crippen LogP contribution in [0.5, 0.6) is 0 Å². The molecule has 0 radical (unpaired) electrons. The summed E-state index contributed by atoms with van der Waals surface area (Å²) in [6, 6.07) is 5.61. The van der Waals surface area contributed by atoms with Crippen LogP contribution in [0, 0.1) is 6.92 Å². The Morgan fingerprint density at radius 2 is 2.28 bits per heavy atom. The number of halogens is 1. The number of aryl methyl sites for hydroxylation is 2. The van der Waals surface area contributed by atoms with E-state index in [0.29, 0.717) is 17.9 Å². The van der Waals surface area contributed by atoms with Crippen LogP contribution in [-0.4, -0.2) is 20.7 Å². The van der Waals surface area contributed by atoms with Crippen molar-refractivity contribution in [1.29, 1.82) is 0 Å². The lowest BCUT2D eigenvalue weighted by molar-refractivity contribution is 0.0949. The molecule has 1 aromatic carbocycles. The van der Waals surface area contributed by atoms with Gasteiger partial charge in [0.25, 0.3) is 5.91 Å². The van der Waals surface area contributed by atoms with E-state index < -0.39 is 0 Å². The van der Waals surface area contributed by atoms with Gasteiger partial charge in [-0.2, -0.15) is 5.10 Å². The summed E-state index contributed by atoms with van der Waals surface area (Å²) in [7, 11) is 1.79. The summed E-state index contributed by atoms with van der Waals surface area (Å²) in [5, 5.41) is 6.90. The van der Waals surface area contributed by atoms with Crippen molar-refractivity contribution in [3.63, 3.8) is 0 Å². The highest BCUT2D eigenvalue weighted by molar-refractivity contribution is 9.10. The summed E-state index contributed by atoms with van der Waals surface area (Å²) < 4.78 is 2.49. The summed E-state index contributed by atoms with van der Waals surface area (Å²) >= 11 is 3.36. The SMILES string of the molecule is Cc1ccc(Br)cc1C(=O)NCc1ncn(C)n1. The van der Waals surface area contributed by atoms with Crippen LogP contribution in [0.1, 0.15) is 21.7 Å². The van der Waals surface area contributed by atoms with Crippen LogP contribution < -0.4 is 5.32 Å². The molecule has 1 N–H and O–H groups in total. The molecule has 94 valence electrons. The summed E-state index contributed by atoms with van der Waals surface area (Å²) in [6.45, 7) is 2.23. The first-order valence-electron chi connectivity index (χ1n) is 5.45. The average molecular weight is 309 g/mol. The predicted molar refractivity (Wildman–Crippen MR) is 71.1 cm³/mol. The van der Waals surface area contributed by atoms with Crippen LogP contribution >= 0.6 is 15.9 Å². The van der Waals surface area contributed by atoms with Crippen molar-refractivity contribution in [2.45, 2.75) is 13.5 Å². The molecule has 0 saturated carbocycles. The van der Waals surface area contributed by atoms with Crippen molar-refractivity contribution in [3.8, 4) is 0 Å². The topological polar surface area (TPSA) is 59.8 Å². The Bertz CT molecular complexity index is 579. The summed E-state index contributed by atoms with van der Waals surface area (Å²) in [5.74, 6) is 0.472. The zero-order valence-electron chi connectivity index (χ0n) is 10.1. The second-order valence-electron chi connectivity index (χ2n) is 3.98. The number of rotatable bonds is 3. The second-order valence-corrected chi connectivity index (χ2v) is 4.89. The Balaban J connectivity index is 2.05. The van der Waals surface area contributed by atoms with Crippen molar-refractivity contribution >= 4 is 21.8 Å². The van der Waals surface area contributed by atoms with Crippen LogP contribution in [0.25, 0.3) is 0 Å². The van der Waals surface area contributed by atoms with Crippen LogP contribution in [-0.2, 0) is 13.6 Å². The number of hydrogen-bond acceptors (Lipinski definition) is 3. The molecule has 0 unspecified atom stereocenters. The molecule has 2 aromatic rings. The number of hydrogen-bond donors (Lipinski definition) is 1. The first-order chi connectivity index (χ1) is 8.56. The molecule has 2 rings (SSSR count). The van der Waals surface area contributed by atoms with Gasteiger partial charge in [-0.3, -0.25) is 9.48 Å². The Morgan fingerprint density at radius 1 is 1.50 bits per heavy atom. The molecule has 1 aromatic heterocycles. The van der Waals surface area contributed by atoms with Gasteiger partial charge in [-0.25, -0.2) is 4.98 Å². The zero-order valence-corrected chi connectivity index (χ0v) is 11.7. The van der Waals surface area contributed by atoms with Gasteiger partial charge in [0.2, 0.25) is 0 Å². The average Bonchev–Trinajstić information content (AvgIpc) is 2.75. The van der Waals surface area contributed by atoms with Crippen molar-refractivity contribution in [2.75, 3.05) is 0 Å². The van der Waals surface area contributed by atoms with Gasteiger partial charge >= 0.3 is 0 Å². The number of carbonyl (C=O) groups excluding carboxylic acids is 1. The predicted octanol–water partition coefficient (Wildman–Crippen LogP) is 1.82. The molecule has 0 bridgehead atoms. The number of aromatic nitrogens is 3. The molecular weight excluding hydrogens is 296 g/mol. The number of benzene rings is 1. The van der Waals surface area contributed by atoms with Crippen LogP contribution in [0.3, 0.4) is 0 Å². The minimum Gasteiger partial charge on any atom is -0.345 e. The zero-order chi connectivity index (χ0) is 13.1. The van der Waals surface area contributed by atoms with E-state index in [0.717, 1.165) is 10.0 Å².